The van der Waals surface area contributed by atoms with Crippen LogP contribution < -0.4 is 5.32 Å². The van der Waals surface area contributed by atoms with Crippen LogP contribution in [0.15, 0.2) is 22.7 Å². The van der Waals surface area contributed by atoms with Crippen LogP contribution in [0, 0.1) is 9.39 Å². The van der Waals surface area contributed by atoms with Crippen molar-refractivity contribution in [2.24, 2.45) is 0 Å². The summed E-state index contributed by atoms with van der Waals surface area (Å²) in [5, 5.41) is 7.31. The largest absolute Gasteiger partial charge is 0.334 e. The Hall–Kier alpha value is -1.02. The Balaban J connectivity index is 1.92. The molecule has 18 heavy (non-hydrogen) atoms. The van der Waals surface area contributed by atoms with Gasteiger partial charge < -0.3 is 9.84 Å². The predicted molar refractivity (Wildman–Crippen MR) is 72.4 cm³/mol. The standard InChI is InChI=1S/C12H11FIN3O/c13-7-3-4-8(9(14)6-7)12-16-11(17-18-12)10-2-1-5-15-10/h3-4,6,10,15H,1-2,5H2. The van der Waals surface area contributed by atoms with Crippen molar-refractivity contribution in [3.63, 3.8) is 0 Å². The Kier molecular flexibility index (Phi) is 3.29. The number of halogens is 2. The molecule has 0 aliphatic carbocycles. The van der Waals surface area contributed by atoms with Crippen LogP contribution >= 0.6 is 22.6 Å². The van der Waals surface area contributed by atoms with Gasteiger partial charge in [-0.15, -0.1) is 0 Å². The Labute approximate surface area is 117 Å². The second-order valence-corrected chi connectivity index (χ2v) is 5.39. The number of rotatable bonds is 2. The molecule has 1 unspecified atom stereocenters. The van der Waals surface area contributed by atoms with Crippen LogP contribution in [0.3, 0.4) is 0 Å². The molecular formula is C12H11FIN3O. The molecule has 0 saturated carbocycles. The van der Waals surface area contributed by atoms with E-state index in [-0.39, 0.29) is 11.9 Å². The van der Waals surface area contributed by atoms with Crippen LogP contribution in [0.1, 0.15) is 24.7 Å². The van der Waals surface area contributed by atoms with E-state index in [1.807, 2.05) is 0 Å². The van der Waals surface area contributed by atoms with Crippen LogP contribution in [0.25, 0.3) is 11.5 Å². The van der Waals surface area contributed by atoms with Gasteiger partial charge in [-0.3, -0.25) is 0 Å². The minimum absolute atomic E-state index is 0.181. The van der Waals surface area contributed by atoms with Gasteiger partial charge in [-0.25, -0.2) is 4.39 Å². The molecule has 1 aromatic heterocycles. The maximum Gasteiger partial charge on any atom is 0.259 e. The molecule has 0 amide bonds. The summed E-state index contributed by atoms with van der Waals surface area (Å²) in [6, 6.07) is 4.69. The summed E-state index contributed by atoms with van der Waals surface area (Å²) in [4.78, 5) is 4.39. The fourth-order valence-corrected chi connectivity index (χ4v) is 2.76. The number of hydrogen-bond donors (Lipinski definition) is 1. The van der Waals surface area contributed by atoms with Crippen molar-refractivity contribution in [1.82, 2.24) is 15.5 Å². The number of nitrogens with zero attached hydrogens (tertiary/aromatic N) is 2. The van der Waals surface area contributed by atoms with Crippen molar-refractivity contribution in [3.8, 4) is 11.5 Å². The van der Waals surface area contributed by atoms with Crippen molar-refractivity contribution in [1.29, 1.82) is 0 Å². The Morgan fingerprint density at radius 2 is 2.33 bits per heavy atom. The van der Waals surface area contributed by atoms with Gasteiger partial charge in [0.2, 0.25) is 0 Å². The van der Waals surface area contributed by atoms with E-state index < -0.39 is 0 Å². The topological polar surface area (TPSA) is 51.0 Å². The van der Waals surface area contributed by atoms with Crippen LogP contribution in [0.5, 0.6) is 0 Å². The summed E-state index contributed by atoms with van der Waals surface area (Å²) >= 11 is 2.06. The number of hydrogen-bond acceptors (Lipinski definition) is 4. The number of benzene rings is 1. The van der Waals surface area contributed by atoms with E-state index in [0.29, 0.717) is 11.7 Å². The van der Waals surface area contributed by atoms with Crippen LogP contribution in [0.4, 0.5) is 4.39 Å². The van der Waals surface area contributed by atoms with E-state index in [9.17, 15) is 4.39 Å². The smallest absolute Gasteiger partial charge is 0.259 e. The lowest BCUT2D eigenvalue weighted by molar-refractivity contribution is 0.412. The predicted octanol–water partition coefficient (Wildman–Crippen LogP) is 2.90. The maximum atomic E-state index is 13.0. The average molecular weight is 359 g/mol. The molecule has 94 valence electrons. The zero-order valence-electron chi connectivity index (χ0n) is 9.49. The first-order valence-electron chi connectivity index (χ1n) is 5.76. The molecule has 1 N–H and O–H groups in total. The van der Waals surface area contributed by atoms with Crippen LogP contribution in [0.2, 0.25) is 0 Å². The molecular weight excluding hydrogens is 348 g/mol. The molecule has 0 bridgehead atoms. The van der Waals surface area contributed by atoms with E-state index in [1.54, 1.807) is 6.07 Å². The van der Waals surface area contributed by atoms with E-state index >= 15 is 0 Å². The minimum Gasteiger partial charge on any atom is -0.334 e. The van der Waals surface area contributed by atoms with Gasteiger partial charge >= 0.3 is 0 Å². The lowest BCUT2D eigenvalue weighted by atomic mass is 10.2. The molecule has 1 atom stereocenters. The summed E-state index contributed by atoms with van der Waals surface area (Å²) in [6.45, 7) is 0.989. The highest BCUT2D eigenvalue weighted by Gasteiger charge is 2.22. The fourth-order valence-electron chi connectivity index (χ4n) is 2.05. The van der Waals surface area contributed by atoms with E-state index in [0.717, 1.165) is 28.5 Å². The van der Waals surface area contributed by atoms with Gasteiger partial charge in [0.15, 0.2) is 5.82 Å². The van der Waals surface area contributed by atoms with Gasteiger partial charge in [-0.05, 0) is 60.2 Å². The highest BCUT2D eigenvalue weighted by molar-refractivity contribution is 14.1. The van der Waals surface area contributed by atoms with Crippen LogP contribution in [-0.4, -0.2) is 16.7 Å². The number of aromatic nitrogens is 2. The first-order valence-corrected chi connectivity index (χ1v) is 6.84. The van der Waals surface area contributed by atoms with Gasteiger partial charge in [0.25, 0.3) is 5.89 Å². The molecule has 1 fully saturated rings. The molecule has 4 nitrogen and oxygen atoms in total. The second-order valence-electron chi connectivity index (χ2n) is 4.23. The molecule has 2 heterocycles. The summed E-state index contributed by atoms with van der Waals surface area (Å²) < 4.78 is 19.1. The molecule has 1 aliphatic rings. The lowest BCUT2D eigenvalue weighted by Gasteiger charge is -2.02. The molecule has 0 radical (unpaired) electrons. The molecule has 0 spiro atoms. The molecule has 3 rings (SSSR count). The van der Waals surface area contributed by atoms with Crippen molar-refractivity contribution in [2.75, 3.05) is 6.54 Å². The second kappa shape index (κ2) is 4.93. The van der Waals surface area contributed by atoms with E-state index in [2.05, 4.69) is 38.0 Å². The fraction of sp³-hybridized carbons (Fsp3) is 0.333. The third-order valence-electron chi connectivity index (χ3n) is 2.98. The molecule has 1 saturated heterocycles. The van der Waals surface area contributed by atoms with Crippen molar-refractivity contribution in [3.05, 3.63) is 33.4 Å². The number of nitrogens with one attached hydrogen (secondary N) is 1. The summed E-state index contributed by atoms with van der Waals surface area (Å²) in [6.07, 6.45) is 2.15. The Bertz CT molecular complexity index is 566. The maximum absolute atomic E-state index is 13.0. The van der Waals surface area contributed by atoms with Gasteiger partial charge in [0.05, 0.1) is 11.6 Å². The van der Waals surface area contributed by atoms with Crippen molar-refractivity contribution < 1.29 is 8.91 Å². The summed E-state index contributed by atoms with van der Waals surface area (Å²) in [5.41, 5.74) is 0.772. The molecule has 1 aromatic carbocycles. The quantitative estimate of drug-likeness (QED) is 0.838. The summed E-state index contributed by atoms with van der Waals surface area (Å²) in [7, 11) is 0. The van der Waals surface area contributed by atoms with Gasteiger partial charge in [-0.1, -0.05) is 5.16 Å². The zero-order chi connectivity index (χ0) is 12.5. The van der Waals surface area contributed by atoms with Crippen molar-refractivity contribution in [2.45, 2.75) is 18.9 Å². The van der Waals surface area contributed by atoms with Gasteiger partial charge in [0.1, 0.15) is 5.82 Å². The highest BCUT2D eigenvalue weighted by atomic mass is 127. The lowest BCUT2D eigenvalue weighted by Crippen LogP contribution is -2.14. The zero-order valence-corrected chi connectivity index (χ0v) is 11.6. The highest BCUT2D eigenvalue weighted by Crippen LogP contribution is 2.27. The monoisotopic (exact) mass is 359 g/mol. The molecule has 2 aromatic rings. The minimum atomic E-state index is -0.264. The first kappa shape index (κ1) is 12.0. The Morgan fingerprint density at radius 3 is 3.06 bits per heavy atom. The van der Waals surface area contributed by atoms with Gasteiger partial charge in [-0.2, -0.15) is 4.98 Å². The summed E-state index contributed by atoms with van der Waals surface area (Å²) in [5.74, 6) is 0.867. The normalized spacial score (nSPS) is 19.3. The molecule has 1 aliphatic heterocycles. The first-order chi connectivity index (χ1) is 8.74. The average Bonchev–Trinajstić information content (AvgIpc) is 2.99. The SMILES string of the molecule is Fc1ccc(-c2nc(C3CCCN3)no2)c(I)c1. The Morgan fingerprint density at radius 1 is 1.44 bits per heavy atom. The van der Waals surface area contributed by atoms with Crippen molar-refractivity contribution >= 4 is 22.6 Å². The van der Waals surface area contributed by atoms with Crippen LogP contribution in [-0.2, 0) is 0 Å². The third-order valence-corrected chi connectivity index (χ3v) is 3.87. The van der Waals surface area contributed by atoms with Gasteiger partial charge in [0, 0.05) is 3.57 Å². The van der Waals surface area contributed by atoms with E-state index in [1.165, 1.54) is 12.1 Å². The molecule has 6 heteroatoms. The third kappa shape index (κ3) is 2.26. The van der Waals surface area contributed by atoms with E-state index in [4.69, 9.17) is 4.52 Å².